The van der Waals surface area contributed by atoms with E-state index in [0.29, 0.717) is 32.1 Å². The van der Waals surface area contributed by atoms with Gasteiger partial charge in [-0.2, -0.15) is 0 Å². The summed E-state index contributed by atoms with van der Waals surface area (Å²) in [6.07, 6.45) is 0.601. The Hall–Kier alpha value is -3.22. The highest BCUT2D eigenvalue weighted by atomic mass is 16.6. The summed E-state index contributed by atoms with van der Waals surface area (Å²) in [5.41, 5.74) is 1.65. The van der Waals surface area contributed by atoms with Gasteiger partial charge in [0.1, 0.15) is 18.1 Å². The Kier molecular flexibility index (Phi) is 6.73. The summed E-state index contributed by atoms with van der Waals surface area (Å²) in [7, 11) is 0. The van der Waals surface area contributed by atoms with E-state index >= 15 is 0 Å². The molecule has 148 valence electrons. The molecule has 1 aliphatic rings. The summed E-state index contributed by atoms with van der Waals surface area (Å²) in [6.45, 7) is 3.92. The van der Waals surface area contributed by atoms with Gasteiger partial charge in [0.15, 0.2) is 6.61 Å². The van der Waals surface area contributed by atoms with Crippen LogP contribution in [0.3, 0.4) is 0 Å². The van der Waals surface area contributed by atoms with Gasteiger partial charge in [-0.05, 0) is 48.4 Å². The third kappa shape index (κ3) is 5.39. The predicted molar refractivity (Wildman–Crippen MR) is 105 cm³/mol. The van der Waals surface area contributed by atoms with Crippen LogP contribution in [0, 0.1) is 0 Å². The number of hydrogen-bond acceptors (Lipinski definition) is 5. The average Bonchev–Trinajstić information content (AvgIpc) is 3.16. The number of ether oxygens (including phenoxy) is 3. The number of carbonyl (C=O) groups is 2. The van der Waals surface area contributed by atoms with E-state index in [-0.39, 0.29) is 18.6 Å². The van der Waals surface area contributed by atoms with Crippen LogP contribution in [-0.2, 0) is 16.1 Å². The molecule has 2 aromatic rings. The molecule has 2 amide bonds. The highest BCUT2D eigenvalue weighted by Crippen LogP contribution is 2.20. The van der Waals surface area contributed by atoms with Crippen molar-refractivity contribution >= 4 is 17.7 Å². The normalized spacial score (nSPS) is 13.2. The van der Waals surface area contributed by atoms with Crippen LogP contribution in [0.15, 0.2) is 48.5 Å². The summed E-state index contributed by atoms with van der Waals surface area (Å²) in [6, 6.07) is 14.6. The zero-order valence-corrected chi connectivity index (χ0v) is 15.8. The Morgan fingerprint density at radius 1 is 1.14 bits per heavy atom. The second-order valence-corrected chi connectivity index (χ2v) is 6.32. The molecule has 28 heavy (non-hydrogen) atoms. The van der Waals surface area contributed by atoms with Crippen LogP contribution in [0.1, 0.15) is 18.9 Å². The van der Waals surface area contributed by atoms with Gasteiger partial charge in [-0.3, -0.25) is 9.69 Å². The standard InChI is InChI=1S/C21H24N2O5/c1-2-11-26-18-6-8-19(9-7-18)28-15-20(24)22-14-16-4-3-5-17(13-16)23-10-12-27-21(23)25/h3-9,13H,2,10-12,14-15H2,1H3,(H,22,24). The number of nitrogens with zero attached hydrogens (tertiary/aromatic N) is 1. The van der Waals surface area contributed by atoms with Crippen molar-refractivity contribution < 1.29 is 23.8 Å². The van der Waals surface area contributed by atoms with Gasteiger partial charge in [0, 0.05) is 12.2 Å². The molecular formula is C21H24N2O5. The van der Waals surface area contributed by atoms with Gasteiger partial charge in [0.2, 0.25) is 0 Å². The SMILES string of the molecule is CCCOc1ccc(OCC(=O)NCc2cccc(N3CCOC3=O)c2)cc1. The highest BCUT2D eigenvalue weighted by molar-refractivity contribution is 5.89. The molecule has 0 unspecified atom stereocenters. The van der Waals surface area contributed by atoms with E-state index in [2.05, 4.69) is 5.32 Å². The zero-order valence-electron chi connectivity index (χ0n) is 15.8. The number of nitrogens with one attached hydrogen (secondary N) is 1. The molecule has 0 saturated carbocycles. The number of carbonyl (C=O) groups excluding carboxylic acids is 2. The van der Waals surface area contributed by atoms with Gasteiger partial charge in [0.25, 0.3) is 5.91 Å². The fourth-order valence-electron chi connectivity index (χ4n) is 2.71. The maximum Gasteiger partial charge on any atom is 0.414 e. The van der Waals surface area contributed by atoms with E-state index in [1.807, 2.05) is 43.3 Å². The lowest BCUT2D eigenvalue weighted by atomic mass is 10.2. The quantitative estimate of drug-likeness (QED) is 0.719. The number of rotatable bonds is 9. The number of hydrogen-bond donors (Lipinski definition) is 1. The smallest absolute Gasteiger partial charge is 0.414 e. The van der Waals surface area contributed by atoms with Gasteiger partial charge < -0.3 is 19.5 Å². The zero-order chi connectivity index (χ0) is 19.8. The van der Waals surface area contributed by atoms with E-state index in [1.54, 1.807) is 17.0 Å². The summed E-state index contributed by atoms with van der Waals surface area (Å²) in [4.78, 5) is 25.3. The Bertz CT molecular complexity index is 807. The number of amides is 2. The fourth-order valence-corrected chi connectivity index (χ4v) is 2.71. The van der Waals surface area contributed by atoms with Crippen LogP contribution in [0.5, 0.6) is 11.5 Å². The molecule has 0 aliphatic carbocycles. The Morgan fingerprint density at radius 3 is 2.57 bits per heavy atom. The second-order valence-electron chi connectivity index (χ2n) is 6.32. The highest BCUT2D eigenvalue weighted by Gasteiger charge is 2.23. The van der Waals surface area contributed by atoms with Crippen molar-refractivity contribution in [3.63, 3.8) is 0 Å². The maximum atomic E-state index is 12.0. The Balaban J connectivity index is 1.45. The third-order valence-corrected chi connectivity index (χ3v) is 4.14. The summed E-state index contributed by atoms with van der Waals surface area (Å²) in [5, 5.41) is 2.81. The first-order chi connectivity index (χ1) is 13.7. The molecule has 0 spiro atoms. The molecule has 1 N–H and O–H groups in total. The molecular weight excluding hydrogens is 360 g/mol. The van der Waals surface area contributed by atoms with Crippen molar-refractivity contribution in [3.8, 4) is 11.5 Å². The van der Waals surface area contributed by atoms with Crippen molar-refractivity contribution in [2.24, 2.45) is 0 Å². The first kappa shape index (κ1) is 19.5. The molecule has 2 aromatic carbocycles. The largest absolute Gasteiger partial charge is 0.494 e. The van der Waals surface area contributed by atoms with Crippen molar-refractivity contribution in [2.45, 2.75) is 19.9 Å². The molecule has 0 radical (unpaired) electrons. The van der Waals surface area contributed by atoms with Crippen molar-refractivity contribution in [1.29, 1.82) is 0 Å². The summed E-state index contributed by atoms with van der Waals surface area (Å²) >= 11 is 0. The summed E-state index contributed by atoms with van der Waals surface area (Å²) in [5.74, 6) is 1.16. The van der Waals surface area contributed by atoms with E-state index in [1.165, 1.54) is 0 Å². The predicted octanol–water partition coefficient (Wildman–Crippen LogP) is 3.13. The van der Waals surface area contributed by atoms with Crippen LogP contribution in [-0.4, -0.2) is 38.4 Å². The first-order valence-corrected chi connectivity index (χ1v) is 9.31. The molecule has 3 rings (SSSR count). The number of benzene rings is 2. The number of cyclic esters (lactones) is 1. The van der Waals surface area contributed by atoms with Crippen molar-refractivity contribution in [3.05, 3.63) is 54.1 Å². The minimum absolute atomic E-state index is 0.0761. The lowest BCUT2D eigenvalue weighted by Gasteiger charge is -2.14. The van der Waals surface area contributed by atoms with Gasteiger partial charge >= 0.3 is 6.09 Å². The fraction of sp³-hybridized carbons (Fsp3) is 0.333. The Morgan fingerprint density at radius 2 is 1.89 bits per heavy atom. The topological polar surface area (TPSA) is 77.1 Å². The molecule has 1 saturated heterocycles. The van der Waals surface area contributed by atoms with Crippen molar-refractivity contribution in [1.82, 2.24) is 5.32 Å². The van der Waals surface area contributed by atoms with Crippen LogP contribution in [0.4, 0.5) is 10.5 Å². The van der Waals surface area contributed by atoms with Gasteiger partial charge in [-0.25, -0.2) is 4.79 Å². The van der Waals surface area contributed by atoms with Crippen LogP contribution in [0.25, 0.3) is 0 Å². The minimum atomic E-state index is -0.347. The van der Waals surface area contributed by atoms with Gasteiger partial charge in [0.05, 0.1) is 13.2 Å². The van der Waals surface area contributed by atoms with E-state index < -0.39 is 0 Å². The molecule has 7 nitrogen and oxygen atoms in total. The maximum absolute atomic E-state index is 12.0. The number of anilines is 1. The molecule has 1 fully saturated rings. The molecule has 7 heteroatoms. The van der Waals surface area contributed by atoms with Crippen LogP contribution < -0.4 is 19.7 Å². The Labute approximate surface area is 164 Å². The van der Waals surface area contributed by atoms with E-state index in [0.717, 1.165) is 23.4 Å². The first-order valence-electron chi connectivity index (χ1n) is 9.31. The third-order valence-electron chi connectivity index (χ3n) is 4.14. The molecule has 0 atom stereocenters. The van der Waals surface area contributed by atoms with Gasteiger partial charge in [-0.15, -0.1) is 0 Å². The summed E-state index contributed by atoms with van der Waals surface area (Å²) < 4.78 is 16.0. The van der Waals surface area contributed by atoms with E-state index in [9.17, 15) is 9.59 Å². The minimum Gasteiger partial charge on any atom is -0.494 e. The monoisotopic (exact) mass is 384 g/mol. The van der Waals surface area contributed by atoms with Crippen LogP contribution in [0.2, 0.25) is 0 Å². The molecule has 1 heterocycles. The van der Waals surface area contributed by atoms with Crippen LogP contribution >= 0.6 is 0 Å². The lowest BCUT2D eigenvalue weighted by Crippen LogP contribution is -2.28. The lowest BCUT2D eigenvalue weighted by molar-refractivity contribution is -0.123. The average molecular weight is 384 g/mol. The molecule has 0 aromatic heterocycles. The van der Waals surface area contributed by atoms with Crippen molar-refractivity contribution in [2.75, 3.05) is 31.3 Å². The van der Waals surface area contributed by atoms with E-state index in [4.69, 9.17) is 14.2 Å². The second kappa shape index (κ2) is 9.64. The van der Waals surface area contributed by atoms with Gasteiger partial charge in [-0.1, -0.05) is 19.1 Å². The molecule has 1 aliphatic heterocycles. The molecule has 0 bridgehead atoms.